The van der Waals surface area contributed by atoms with Gasteiger partial charge in [0.15, 0.2) is 6.61 Å². The molecule has 0 radical (unpaired) electrons. The van der Waals surface area contributed by atoms with Gasteiger partial charge in [-0.05, 0) is 35.7 Å². The van der Waals surface area contributed by atoms with Crippen LogP contribution in [0.3, 0.4) is 0 Å². The molecule has 0 aliphatic rings. The highest BCUT2D eigenvalue weighted by molar-refractivity contribution is 7.12. The maximum Gasteiger partial charge on any atom is 0.418 e. The topological polar surface area (TPSA) is 84.5 Å². The molecule has 1 aromatic heterocycles. The lowest BCUT2D eigenvalue weighted by Crippen LogP contribution is -2.23. The number of hydrogen-bond acceptors (Lipinski definition) is 5. The monoisotopic (exact) mass is 448 g/mol. The predicted molar refractivity (Wildman–Crippen MR) is 109 cm³/mol. The molecule has 2 aromatic carbocycles. The molecule has 31 heavy (non-hydrogen) atoms. The molecular weight excluding hydrogens is 433 g/mol. The Morgan fingerprint density at radius 3 is 2.23 bits per heavy atom. The van der Waals surface area contributed by atoms with E-state index >= 15 is 0 Å². The summed E-state index contributed by atoms with van der Waals surface area (Å²) in [6, 6.07) is 13.8. The summed E-state index contributed by atoms with van der Waals surface area (Å²) in [6.45, 7) is -0.807. The fourth-order valence-electron chi connectivity index (χ4n) is 2.60. The lowest BCUT2D eigenvalue weighted by atomic mass is 10.1. The van der Waals surface area contributed by atoms with E-state index in [1.54, 1.807) is 23.6 Å². The first-order valence-electron chi connectivity index (χ1n) is 8.83. The van der Waals surface area contributed by atoms with Crippen molar-refractivity contribution in [1.29, 1.82) is 0 Å². The molecule has 1 heterocycles. The van der Waals surface area contributed by atoms with Crippen LogP contribution in [0.15, 0.2) is 66.0 Å². The van der Waals surface area contributed by atoms with Crippen LogP contribution in [-0.2, 0) is 15.7 Å². The van der Waals surface area contributed by atoms with Crippen LogP contribution in [0.4, 0.5) is 24.5 Å². The van der Waals surface area contributed by atoms with E-state index in [4.69, 9.17) is 4.74 Å². The Morgan fingerprint density at radius 2 is 1.55 bits per heavy atom. The van der Waals surface area contributed by atoms with Gasteiger partial charge in [-0.25, -0.2) is 4.79 Å². The van der Waals surface area contributed by atoms with E-state index in [1.807, 2.05) is 0 Å². The molecule has 0 bridgehead atoms. The third-order valence-corrected chi connectivity index (χ3v) is 4.85. The number of halogens is 3. The molecule has 0 spiro atoms. The molecule has 3 rings (SSSR count). The second-order valence-corrected chi connectivity index (χ2v) is 7.09. The Balaban J connectivity index is 1.64. The van der Waals surface area contributed by atoms with Gasteiger partial charge < -0.3 is 15.4 Å². The molecule has 0 saturated heterocycles. The van der Waals surface area contributed by atoms with E-state index in [0.717, 1.165) is 12.1 Å². The summed E-state index contributed by atoms with van der Waals surface area (Å²) < 4.78 is 44.0. The van der Waals surface area contributed by atoms with Gasteiger partial charge in [0.1, 0.15) is 0 Å². The average Bonchev–Trinajstić information content (AvgIpc) is 3.27. The second kappa shape index (κ2) is 9.43. The molecule has 6 nitrogen and oxygen atoms in total. The van der Waals surface area contributed by atoms with Crippen molar-refractivity contribution < 1.29 is 32.3 Å². The van der Waals surface area contributed by atoms with Gasteiger partial charge >= 0.3 is 12.1 Å². The number of thiophene rings is 1. The lowest BCUT2D eigenvalue weighted by molar-refractivity contribution is -0.137. The molecule has 2 amide bonds. The van der Waals surface area contributed by atoms with Crippen molar-refractivity contribution in [2.45, 2.75) is 6.18 Å². The van der Waals surface area contributed by atoms with Gasteiger partial charge in [0.2, 0.25) is 0 Å². The zero-order chi connectivity index (χ0) is 22.4. The summed E-state index contributed by atoms with van der Waals surface area (Å²) in [7, 11) is 0. The zero-order valence-corrected chi connectivity index (χ0v) is 16.5. The molecule has 10 heteroatoms. The number of ether oxygens (including phenoxy) is 1. The number of nitrogens with one attached hydrogen (secondary N) is 2. The number of esters is 1. The van der Waals surface area contributed by atoms with E-state index in [-0.39, 0.29) is 11.3 Å². The number of benzene rings is 2. The second-order valence-electron chi connectivity index (χ2n) is 6.14. The first-order valence-corrected chi connectivity index (χ1v) is 9.71. The van der Waals surface area contributed by atoms with Crippen LogP contribution in [0.25, 0.3) is 0 Å². The summed E-state index contributed by atoms with van der Waals surface area (Å²) in [5, 5.41) is 6.40. The number of hydrogen-bond donors (Lipinski definition) is 2. The van der Waals surface area contributed by atoms with Crippen molar-refractivity contribution in [2.24, 2.45) is 0 Å². The Morgan fingerprint density at radius 1 is 0.871 bits per heavy atom. The lowest BCUT2D eigenvalue weighted by Gasteiger charge is -2.14. The van der Waals surface area contributed by atoms with Crippen LogP contribution in [0.2, 0.25) is 0 Å². The molecule has 0 atom stereocenters. The first-order chi connectivity index (χ1) is 14.8. The summed E-state index contributed by atoms with van der Waals surface area (Å²) >= 11 is 1.22. The summed E-state index contributed by atoms with van der Waals surface area (Å²) in [5.41, 5.74) is -1.29. The van der Waals surface area contributed by atoms with E-state index < -0.39 is 41.8 Å². The molecule has 0 aliphatic heterocycles. The molecular formula is C21H15F3N2O4S. The van der Waals surface area contributed by atoms with Crippen molar-refractivity contribution in [3.05, 3.63) is 82.0 Å². The Bertz CT molecular complexity index is 1100. The molecule has 0 fully saturated rings. The van der Waals surface area contributed by atoms with Crippen molar-refractivity contribution in [3.8, 4) is 0 Å². The smallest absolute Gasteiger partial charge is 0.418 e. The van der Waals surface area contributed by atoms with Gasteiger partial charge in [-0.2, -0.15) is 13.2 Å². The van der Waals surface area contributed by atoms with Crippen LogP contribution in [0.5, 0.6) is 0 Å². The maximum absolute atomic E-state index is 13.0. The van der Waals surface area contributed by atoms with Crippen LogP contribution in [0.1, 0.15) is 25.6 Å². The number of anilines is 2. The number of carbonyl (C=O) groups is 3. The largest absolute Gasteiger partial charge is 0.452 e. The van der Waals surface area contributed by atoms with Crippen LogP contribution >= 0.6 is 11.3 Å². The normalized spacial score (nSPS) is 10.9. The number of rotatable bonds is 6. The van der Waals surface area contributed by atoms with Crippen LogP contribution in [0, 0.1) is 0 Å². The van der Waals surface area contributed by atoms with E-state index in [1.165, 1.54) is 41.7 Å². The third-order valence-electron chi connectivity index (χ3n) is 3.98. The highest BCUT2D eigenvalue weighted by Crippen LogP contribution is 2.34. The van der Waals surface area contributed by atoms with E-state index in [2.05, 4.69) is 10.6 Å². The van der Waals surface area contributed by atoms with E-state index in [9.17, 15) is 27.6 Å². The molecule has 0 unspecified atom stereocenters. The Labute approximate surface area is 178 Å². The predicted octanol–water partition coefficient (Wildman–Crippen LogP) is 4.81. The highest BCUT2D eigenvalue weighted by Gasteiger charge is 2.33. The summed E-state index contributed by atoms with van der Waals surface area (Å²) in [4.78, 5) is 37.1. The molecule has 3 aromatic rings. The van der Waals surface area contributed by atoms with Crippen LogP contribution < -0.4 is 10.6 Å². The van der Waals surface area contributed by atoms with Crippen molar-refractivity contribution >= 4 is 40.5 Å². The quantitative estimate of drug-likeness (QED) is 0.530. The molecule has 160 valence electrons. The summed E-state index contributed by atoms with van der Waals surface area (Å²) in [5.74, 6) is -2.27. The fraction of sp³-hybridized carbons (Fsp3) is 0.0952. The minimum Gasteiger partial charge on any atom is -0.452 e. The Kier molecular flexibility index (Phi) is 6.71. The Hall–Kier alpha value is -3.66. The van der Waals surface area contributed by atoms with E-state index in [0.29, 0.717) is 4.88 Å². The van der Waals surface area contributed by atoms with Gasteiger partial charge in [-0.3, -0.25) is 9.59 Å². The maximum atomic E-state index is 13.0. The van der Waals surface area contributed by atoms with Crippen LogP contribution in [-0.4, -0.2) is 24.4 Å². The zero-order valence-electron chi connectivity index (χ0n) is 15.7. The van der Waals surface area contributed by atoms with Gasteiger partial charge in [0, 0.05) is 0 Å². The number of alkyl halides is 3. The summed E-state index contributed by atoms with van der Waals surface area (Å²) in [6.07, 6.45) is -4.65. The minimum absolute atomic E-state index is 0.00380. The molecule has 0 aliphatic carbocycles. The third kappa shape index (κ3) is 5.70. The number of amides is 2. The number of carbonyl (C=O) groups excluding carboxylic acids is 3. The van der Waals surface area contributed by atoms with Gasteiger partial charge in [-0.15, -0.1) is 11.3 Å². The molecule has 0 saturated carbocycles. The van der Waals surface area contributed by atoms with Crippen molar-refractivity contribution in [3.63, 3.8) is 0 Å². The first kappa shape index (κ1) is 22.0. The standard InChI is InChI=1S/C21H15F3N2O4S/c22-21(23,24)14-7-2-4-9-16(14)25-18(27)12-30-20(29)13-6-1-3-8-15(13)26-19(28)17-10-5-11-31-17/h1-11H,12H2,(H,25,27)(H,26,28). The van der Waals surface area contributed by atoms with Crippen molar-refractivity contribution in [2.75, 3.05) is 17.2 Å². The number of para-hydroxylation sites is 2. The molecule has 2 N–H and O–H groups in total. The minimum atomic E-state index is -4.65. The fourth-order valence-corrected chi connectivity index (χ4v) is 3.22. The van der Waals surface area contributed by atoms with Gasteiger partial charge in [0.05, 0.1) is 27.4 Å². The average molecular weight is 448 g/mol. The van der Waals surface area contributed by atoms with Gasteiger partial charge in [-0.1, -0.05) is 30.3 Å². The highest BCUT2D eigenvalue weighted by atomic mass is 32.1. The SMILES string of the molecule is O=C(COC(=O)c1ccccc1NC(=O)c1cccs1)Nc1ccccc1C(F)(F)F. The van der Waals surface area contributed by atoms with Crippen molar-refractivity contribution in [1.82, 2.24) is 0 Å². The van der Waals surface area contributed by atoms with Gasteiger partial charge in [0.25, 0.3) is 11.8 Å².